The first-order chi connectivity index (χ1) is 11.1. The van der Waals surface area contributed by atoms with Crippen LogP contribution in [0.25, 0.3) is 0 Å². The SMILES string of the molecule is CN=C(NCCn1cc([N+](=O)[O-])cn1)N(C)CCc1cccs1. The zero-order chi connectivity index (χ0) is 16.7. The minimum absolute atomic E-state index is 0.00227. The Morgan fingerprint density at radius 3 is 3.04 bits per heavy atom. The molecule has 0 saturated heterocycles. The molecule has 1 N–H and O–H groups in total. The summed E-state index contributed by atoms with van der Waals surface area (Å²) in [6.07, 6.45) is 3.65. The van der Waals surface area contributed by atoms with Gasteiger partial charge in [-0.05, 0) is 17.9 Å². The Hall–Kier alpha value is -2.42. The maximum absolute atomic E-state index is 10.6. The van der Waals surface area contributed by atoms with E-state index in [9.17, 15) is 10.1 Å². The van der Waals surface area contributed by atoms with E-state index >= 15 is 0 Å². The zero-order valence-corrected chi connectivity index (χ0v) is 14.0. The molecule has 23 heavy (non-hydrogen) atoms. The zero-order valence-electron chi connectivity index (χ0n) is 13.2. The molecule has 0 radical (unpaired) electrons. The van der Waals surface area contributed by atoms with Crippen molar-refractivity contribution in [2.45, 2.75) is 13.0 Å². The van der Waals surface area contributed by atoms with Crippen LogP contribution in [-0.4, -0.2) is 52.7 Å². The van der Waals surface area contributed by atoms with Crippen molar-refractivity contribution in [2.75, 3.05) is 27.2 Å². The van der Waals surface area contributed by atoms with Gasteiger partial charge in [0.25, 0.3) is 0 Å². The van der Waals surface area contributed by atoms with Gasteiger partial charge in [0, 0.05) is 32.1 Å². The minimum atomic E-state index is -0.450. The normalized spacial score (nSPS) is 11.5. The summed E-state index contributed by atoms with van der Waals surface area (Å²) < 4.78 is 1.55. The van der Waals surface area contributed by atoms with E-state index in [0.29, 0.717) is 13.1 Å². The molecule has 0 fully saturated rings. The van der Waals surface area contributed by atoms with Crippen molar-refractivity contribution in [3.63, 3.8) is 0 Å². The maximum atomic E-state index is 10.6. The standard InChI is InChI=1S/C14H20N6O2S/c1-15-14(18(2)7-5-13-4-3-9-23-13)16-6-8-19-11-12(10-17-19)20(21)22/h3-4,9-11H,5-8H2,1-2H3,(H,15,16). The summed E-state index contributed by atoms with van der Waals surface area (Å²) in [7, 11) is 3.73. The van der Waals surface area contributed by atoms with Gasteiger partial charge in [-0.3, -0.25) is 19.8 Å². The van der Waals surface area contributed by atoms with Crippen molar-refractivity contribution in [3.8, 4) is 0 Å². The van der Waals surface area contributed by atoms with Gasteiger partial charge in [-0.2, -0.15) is 5.10 Å². The van der Waals surface area contributed by atoms with E-state index < -0.39 is 4.92 Å². The monoisotopic (exact) mass is 336 g/mol. The topological polar surface area (TPSA) is 88.6 Å². The smallest absolute Gasteiger partial charge is 0.306 e. The van der Waals surface area contributed by atoms with Gasteiger partial charge >= 0.3 is 5.69 Å². The molecule has 2 aromatic heterocycles. The van der Waals surface area contributed by atoms with Crippen LogP contribution in [0.4, 0.5) is 5.69 Å². The van der Waals surface area contributed by atoms with Crippen LogP contribution < -0.4 is 5.32 Å². The van der Waals surface area contributed by atoms with Gasteiger partial charge in [0.15, 0.2) is 5.96 Å². The molecule has 2 heterocycles. The van der Waals surface area contributed by atoms with E-state index in [1.54, 1.807) is 23.1 Å². The number of hydrogen-bond acceptors (Lipinski definition) is 5. The van der Waals surface area contributed by atoms with E-state index in [1.807, 2.05) is 7.05 Å². The Morgan fingerprint density at radius 2 is 2.43 bits per heavy atom. The summed E-state index contributed by atoms with van der Waals surface area (Å²) in [5, 5.41) is 19.9. The highest BCUT2D eigenvalue weighted by Gasteiger charge is 2.09. The van der Waals surface area contributed by atoms with Gasteiger partial charge in [0.05, 0.1) is 11.5 Å². The largest absolute Gasteiger partial charge is 0.354 e. The van der Waals surface area contributed by atoms with Gasteiger partial charge in [0.2, 0.25) is 0 Å². The summed E-state index contributed by atoms with van der Waals surface area (Å²) in [5.74, 6) is 0.795. The molecule has 9 heteroatoms. The molecule has 2 rings (SSSR count). The minimum Gasteiger partial charge on any atom is -0.354 e. The number of aromatic nitrogens is 2. The summed E-state index contributed by atoms with van der Waals surface area (Å²) in [4.78, 5) is 17.8. The average Bonchev–Trinajstić information content (AvgIpc) is 3.20. The van der Waals surface area contributed by atoms with Gasteiger partial charge < -0.3 is 10.2 Å². The molecular weight excluding hydrogens is 316 g/mol. The third-order valence-electron chi connectivity index (χ3n) is 3.30. The van der Waals surface area contributed by atoms with Crippen molar-refractivity contribution in [3.05, 3.63) is 44.9 Å². The van der Waals surface area contributed by atoms with Crippen molar-refractivity contribution in [2.24, 2.45) is 4.99 Å². The highest BCUT2D eigenvalue weighted by atomic mass is 32.1. The van der Waals surface area contributed by atoms with Crippen LogP contribution in [0.1, 0.15) is 4.88 Å². The van der Waals surface area contributed by atoms with E-state index in [2.05, 4.69) is 37.8 Å². The summed E-state index contributed by atoms with van der Waals surface area (Å²) >= 11 is 1.75. The molecule has 8 nitrogen and oxygen atoms in total. The average molecular weight is 336 g/mol. The van der Waals surface area contributed by atoms with Crippen LogP contribution in [0.5, 0.6) is 0 Å². The lowest BCUT2D eigenvalue weighted by Gasteiger charge is -2.21. The number of guanidine groups is 1. The van der Waals surface area contributed by atoms with Crippen molar-refractivity contribution in [1.82, 2.24) is 20.0 Å². The third-order valence-corrected chi connectivity index (χ3v) is 4.24. The summed E-state index contributed by atoms with van der Waals surface area (Å²) in [6, 6.07) is 4.18. The lowest BCUT2D eigenvalue weighted by molar-refractivity contribution is -0.385. The van der Waals surface area contributed by atoms with Crippen LogP contribution in [0.3, 0.4) is 0 Å². The molecule has 124 valence electrons. The van der Waals surface area contributed by atoms with Crippen molar-refractivity contribution < 1.29 is 4.92 Å². The number of hydrogen-bond donors (Lipinski definition) is 1. The second-order valence-corrected chi connectivity index (χ2v) is 5.98. The van der Waals surface area contributed by atoms with E-state index in [1.165, 1.54) is 17.3 Å². The second-order valence-electron chi connectivity index (χ2n) is 4.94. The van der Waals surface area contributed by atoms with Crippen LogP contribution in [0, 0.1) is 10.1 Å². The Balaban J connectivity index is 1.76. The number of thiophene rings is 1. The predicted molar refractivity (Wildman–Crippen MR) is 90.9 cm³/mol. The molecule has 0 amide bonds. The number of likely N-dealkylation sites (N-methyl/N-ethyl adjacent to an activating group) is 1. The fourth-order valence-electron chi connectivity index (χ4n) is 2.07. The Bertz CT molecular complexity index is 652. The molecule has 0 bridgehead atoms. The molecule has 0 atom stereocenters. The van der Waals surface area contributed by atoms with E-state index in [0.717, 1.165) is 18.9 Å². The first-order valence-corrected chi connectivity index (χ1v) is 8.09. The third kappa shape index (κ3) is 5.06. The van der Waals surface area contributed by atoms with Gasteiger partial charge in [-0.25, -0.2) is 0 Å². The number of nitrogens with one attached hydrogen (secondary N) is 1. The Labute approximate surface area is 138 Å². The van der Waals surface area contributed by atoms with E-state index in [4.69, 9.17) is 0 Å². The first kappa shape index (κ1) is 16.9. The quantitative estimate of drug-likeness (QED) is 0.359. The lowest BCUT2D eigenvalue weighted by Crippen LogP contribution is -2.41. The molecule has 0 aromatic carbocycles. The fourth-order valence-corrected chi connectivity index (χ4v) is 2.77. The summed E-state index contributed by atoms with van der Waals surface area (Å²) in [6.45, 7) is 1.99. The van der Waals surface area contributed by atoms with Crippen LogP contribution >= 0.6 is 11.3 Å². The Kier molecular flexibility index (Phi) is 6.10. The van der Waals surface area contributed by atoms with Gasteiger partial charge in [-0.15, -0.1) is 11.3 Å². The van der Waals surface area contributed by atoms with Crippen molar-refractivity contribution >= 4 is 23.0 Å². The van der Waals surface area contributed by atoms with Crippen LogP contribution in [0.2, 0.25) is 0 Å². The highest BCUT2D eigenvalue weighted by Crippen LogP contribution is 2.09. The van der Waals surface area contributed by atoms with Gasteiger partial charge in [0.1, 0.15) is 12.4 Å². The Morgan fingerprint density at radius 1 is 1.61 bits per heavy atom. The predicted octanol–water partition coefficient (Wildman–Crippen LogP) is 1.60. The molecular formula is C14H20N6O2S. The summed E-state index contributed by atoms with van der Waals surface area (Å²) in [5.41, 5.74) is 0.00227. The number of nitro groups is 1. The highest BCUT2D eigenvalue weighted by molar-refractivity contribution is 7.09. The molecule has 0 saturated carbocycles. The van der Waals surface area contributed by atoms with E-state index in [-0.39, 0.29) is 5.69 Å². The number of nitrogens with zero attached hydrogens (tertiary/aromatic N) is 5. The lowest BCUT2D eigenvalue weighted by atomic mass is 10.3. The molecule has 0 aliphatic carbocycles. The van der Waals surface area contributed by atoms with Crippen LogP contribution in [-0.2, 0) is 13.0 Å². The number of aliphatic imine (C=N–C) groups is 1. The van der Waals surface area contributed by atoms with Crippen LogP contribution in [0.15, 0.2) is 34.9 Å². The molecule has 0 aliphatic heterocycles. The molecule has 0 aliphatic rings. The fraction of sp³-hybridized carbons (Fsp3) is 0.429. The maximum Gasteiger partial charge on any atom is 0.306 e. The molecule has 2 aromatic rings. The molecule has 0 spiro atoms. The second kappa shape index (κ2) is 8.28. The number of rotatable bonds is 7. The first-order valence-electron chi connectivity index (χ1n) is 7.21. The molecule has 0 unspecified atom stereocenters. The van der Waals surface area contributed by atoms with Crippen molar-refractivity contribution in [1.29, 1.82) is 0 Å². The van der Waals surface area contributed by atoms with Gasteiger partial charge in [-0.1, -0.05) is 6.07 Å².